The van der Waals surface area contributed by atoms with Crippen LogP contribution in [0.15, 0.2) is 60.8 Å². The van der Waals surface area contributed by atoms with Crippen molar-refractivity contribution in [3.63, 3.8) is 0 Å². The first-order valence-electron chi connectivity index (χ1n) is 9.78. The van der Waals surface area contributed by atoms with Gasteiger partial charge in [-0.3, -0.25) is 9.48 Å². The van der Waals surface area contributed by atoms with Gasteiger partial charge in [0.2, 0.25) is 5.91 Å². The number of carbonyl (C=O) groups excluding carboxylic acids is 1. The minimum atomic E-state index is 0.0144. The van der Waals surface area contributed by atoms with Gasteiger partial charge in [-0.1, -0.05) is 30.3 Å². The Labute approximate surface area is 170 Å². The number of rotatable bonds is 5. The number of anilines is 1. The van der Waals surface area contributed by atoms with Crippen LogP contribution in [0, 0.1) is 0 Å². The Bertz CT molecular complexity index is 975. The molecule has 1 atom stereocenters. The maximum atomic E-state index is 11.5. The lowest BCUT2D eigenvalue weighted by molar-refractivity contribution is -0.116. The Morgan fingerprint density at radius 1 is 1.10 bits per heavy atom. The molecule has 6 heteroatoms. The monoisotopic (exact) mass is 391 g/mol. The summed E-state index contributed by atoms with van der Waals surface area (Å²) in [6.07, 6.45) is 2.03. The second-order valence-electron chi connectivity index (χ2n) is 7.20. The van der Waals surface area contributed by atoms with Crippen LogP contribution in [-0.4, -0.2) is 48.7 Å². The minimum Gasteiger partial charge on any atom is -0.376 e. The lowest BCUT2D eigenvalue weighted by atomic mass is 10.0. The molecule has 29 heavy (non-hydrogen) atoms. The summed E-state index contributed by atoms with van der Waals surface area (Å²) < 4.78 is 13.1. The molecule has 1 unspecified atom stereocenters. The van der Waals surface area contributed by atoms with E-state index >= 15 is 0 Å². The van der Waals surface area contributed by atoms with Crippen LogP contribution in [0.2, 0.25) is 0 Å². The van der Waals surface area contributed by atoms with E-state index in [9.17, 15) is 4.79 Å². The van der Waals surface area contributed by atoms with Gasteiger partial charge < -0.3 is 14.4 Å². The molecule has 0 spiro atoms. The molecule has 0 saturated carbocycles. The van der Waals surface area contributed by atoms with Gasteiger partial charge in [0.25, 0.3) is 0 Å². The summed E-state index contributed by atoms with van der Waals surface area (Å²) in [5.41, 5.74) is 5.08. The van der Waals surface area contributed by atoms with Gasteiger partial charge in [0.05, 0.1) is 32.1 Å². The van der Waals surface area contributed by atoms with Crippen molar-refractivity contribution < 1.29 is 14.3 Å². The highest BCUT2D eigenvalue weighted by Gasteiger charge is 2.15. The van der Waals surface area contributed by atoms with Gasteiger partial charge in [0.1, 0.15) is 6.10 Å². The number of aromatic nitrogens is 2. The molecule has 1 aliphatic heterocycles. The average Bonchev–Trinajstić information content (AvgIpc) is 3.22. The number of ether oxygens (including phenoxy) is 2. The Morgan fingerprint density at radius 3 is 2.62 bits per heavy atom. The predicted molar refractivity (Wildman–Crippen MR) is 113 cm³/mol. The summed E-state index contributed by atoms with van der Waals surface area (Å²) in [6.45, 7) is 4.16. The van der Waals surface area contributed by atoms with Crippen molar-refractivity contribution in [1.82, 2.24) is 9.78 Å². The molecule has 2 aromatic carbocycles. The third-order valence-corrected chi connectivity index (χ3v) is 5.13. The minimum absolute atomic E-state index is 0.0144. The quantitative estimate of drug-likeness (QED) is 0.667. The summed E-state index contributed by atoms with van der Waals surface area (Å²) in [4.78, 5) is 13.2. The van der Waals surface area contributed by atoms with Gasteiger partial charge in [-0.15, -0.1) is 0 Å². The summed E-state index contributed by atoms with van der Waals surface area (Å²) >= 11 is 0. The second kappa shape index (κ2) is 8.59. The summed E-state index contributed by atoms with van der Waals surface area (Å²) in [7, 11) is 1.78. The molecule has 1 saturated heterocycles. The van der Waals surface area contributed by atoms with E-state index in [-0.39, 0.29) is 12.0 Å². The van der Waals surface area contributed by atoms with Crippen LogP contribution in [0.1, 0.15) is 6.92 Å². The van der Waals surface area contributed by atoms with E-state index in [1.807, 2.05) is 47.3 Å². The highest BCUT2D eigenvalue weighted by atomic mass is 16.6. The molecule has 0 bridgehead atoms. The van der Waals surface area contributed by atoms with Gasteiger partial charge in [0, 0.05) is 31.4 Å². The van der Waals surface area contributed by atoms with E-state index in [2.05, 4.69) is 18.2 Å². The van der Waals surface area contributed by atoms with Crippen LogP contribution < -0.4 is 4.90 Å². The Balaban J connectivity index is 1.51. The van der Waals surface area contributed by atoms with Crippen molar-refractivity contribution >= 4 is 11.6 Å². The molecule has 0 radical (unpaired) electrons. The van der Waals surface area contributed by atoms with Crippen molar-refractivity contribution in [2.24, 2.45) is 0 Å². The van der Waals surface area contributed by atoms with Gasteiger partial charge in [-0.25, -0.2) is 0 Å². The molecule has 1 aliphatic rings. The van der Waals surface area contributed by atoms with E-state index in [0.29, 0.717) is 26.4 Å². The van der Waals surface area contributed by atoms with Crippen molar-refractivity contribution in [2.75, 3.05) is 31.8 Å². The first-order valence-corrected chi connectivity index (χ1v) is 9.78. The molecular formula is C23H25N3O3. The van der Waals surface area contributed by atoms with Gasteiger partial charge >= 0.3 is 0 Å². The highest BCUT2D eigenvalue weighted by Crippen LogP contribution is 2.27. The molecule has 1 fully saturated rings. The number of hydrogen-bond acceptors (Lipinski definition) is 4. The van der Waals surface area contributed by atoms with Gasteiger partial charge in [0.15, 0.2) is 0 Å². The van der Waals surface area contributed by atoms with Crippen LogP contribution in [0.4, 0.5) is 5.69 Å². The number of nitrogens with zero attached hydrogens (tertiary/aromatic N) is 3. The predicted octanol–water partition coefficient (Wildman–Crippen LogP) is 3.62. The van der Waals surface area contributed by atoms with Crippen LogP contribution >= 0.6 is 0 Å². The number of carbonyl (C=O) groups is 1. The van der Waals surface area contributed by atoms with E-state index in [1.165, 1.54) is 0 Å². The summed E-state index contributed by atoms with van der Waals surface area (Å²) in [6, 6.07) is 18.3. The SMILES string of the molecule is CC(=O)N(C)c1ccc(-c2cccc(-c3ccn(CC4COCCO4)n3)c2)cc1. The molecule has 0 aliphatic carbocycles. The normalized spacial score (nSPS) is 16.6. The van der Waals surface area contributed by atoms with Crippen molar-refractivity contribution in [3.8, 4) is 22.4 Å². The molecule has 3 aromatic rings. The van der Waals surface area contributed by atoms with Crippen LogP contribution in [0.25, 0.3) is 22.4 Å². The standard InChI is InChI=1S/C23H25N3O3/c1-17(27)25(2)21-8-6-18(7-9-21)19-4-3-5-20(14-19)23-10-11-26(24-23)15-22-16-28-12-13-29-22/h3-11,14,22H,12-13,15-16H2,1-2H3. The van der Waals surface area contributed by atoms with E-state index < -0.39 is 0 Å². The van der Waals surface area contributed by atoms with Crippen molar-refractivity contribution in [1.29, 1.82) is 0 Å². The summed E-state index contributed by atoms with van der Waals surface area (Å²) in [5.74, 6) is 0.0144. The zero-order valence-corrected chi connectivity index (χ0v) is 16.7. The fourth-order valence-electron chi connectivity index (χ4n) is 3.39. The molecule has 6 nitrogen and oxygen atoms in total. The Hall–Kier alpha value is -2.96. The number of benzene rings is 2. The fraction of sp³-hybridized carbons (Fsp3) is 0.304. The third-order valence-electron chi connectivity index (χ3n) is 5.13. The summed E-state index contributed by atoms with van der Waals surface area (Å²) in [5, 5.41) is 4.70. The van der Waals surface area contributed by atoms with Crippen LogP contribution in [-0.2, 0) is 20.8 Å². The molecule has 150 valence electrons. The van der Waals surface area contributed by atoms with Gasteiger partial charge in [-0.05, 0) is 35.4 Å². The third kappa shape index (κ3) is 4.55. The first kappa shape index (κ1) is 19.4. The van der Waals surface area contributed by atoms with E-state index in [0.717, 1.165) is 28.1 Å². The second-order valence-corrected chi connectivity index (χ2v) is 7.20. The lowest BCUT2D eigenvalue weighted by Gasteiger charge is -2.22. The molecule has 0 N–H and O–H groups in total. The first-order chi connectivity index (χ1) is 14.1. The number of hydrogen-bond donors (Lipinski definition) is 0. The maximum absolute atomic E-state index is 11.5. The zero-order valence-electron chi connectivity index (χ0n) is 16.7. The zero-order chi connectivity index (χ0) is 20.2. The Morgan fingerprint density at radius 2 is 1.90 bits per heavy atom. The van der Waals surface area contributed by atoms with Crippen LogP contribution in [0.3, 0.4) is 0 Å². The van der Waals surface area contributed by atoms with Gasteiger partial charge in [-0.2, -0.15) is 5.10 Å². The van der Waals surface area contributed by atoms with E-state index in [1.54, 1.807) is 18.9 Å². The molecule has 1 aromatic heterocycles. The maximum Gasteiger partial charge on any atom is 0.223 e. The average molecular weight is 391 g/mol. The molecule has 4 rings (SSSR count). The Kier molecular flexibility index (Phi) is 5.74. The topological polar surface area (TPSA) is 56.6 Å². The largest absolute Gasteiger partial charge is 0.376 e. The van der Waals surface area contributed by atoms with E-state index in [4.69, 9.17) is 14.6 Å². The van der Waals surface area contributed by atoms with Crippen molar-refractivity contribution in [3.05, 3.63) is 60.8 Å². The van der Waals surface area contributed by atoms with Crippen molar-refractivity contribution in [2.45, 2.75) is 19.6 Å². The fourth-order valence-corrected chi connectivity index (χ4v) is 3.39. The molecule has 1 amide bonds. The molecular weight excluding hydrogens is 366 g/mol. The smallest absolute Gasteiger partial charge is 0.223 e. The number of amides is 1. The lowest BCUT2D eigenvalue weighted by Crippen LogP contribution is -2.32. The molecule has 2 heterocycles. The van der Waals surface area contributed by atoms with Crippen LogP contribution in [0.5, 0.6) is 0 Å². The highest BCUT2D eigenvalue weighted by molar-refractivity contribution is 5.91.